The van der Waals surface area contributed by atoms with Crippen molar-refractivity contribution < 1.29 is 4.74 Å². The maximum absolute atomic E-state index is 5.26. The number of fused-ring (bicyclic) bond motifs is 4. The number of allylic oxidation sites excluding steroid dienone is 2. The van der Waals surface area contributed by atoms with E-state index in [9.17, 15) is 0 Å². The van der Waals surface area contributed by atoms with Gasteiger partial charge in [-0.3, -0.25) is 0 Å². The molecule has 1 aliphatic rings. The number of methoxy groups -OCH3 is 1. The fraction of sp³-hybridized carbons (Fsp3) is 0.154. The Morgan fingerprint density at radius 2 is 1.86 bits per heavy atom. The number of benzene rings is 2. The first kappa shape index (κ1) is 18.4. The highest BCUT2D eigenvalue weighted by Gasteiger charge is 2.16. The van der Waals surface area contributed by atoms with Gasteiger partial charge in [0.1, 0.15) is 5.75 Å². The van der Waals surface area contributed by atoms with Gasteiger partial charge in [-0.05, 0) is 70.1 Å². The quantitative estimate of drug-likeness (QED) is 0.338. The van der Waals surface area contributed by atoms with Crippen molar-refractivity contribution in [1.82, 2.24) is 0 Å². The molecule has 0 unspecified atom stereocenters. The van der Waals surface area contributed by atoms with Gasteiger partial charge in [0.2, 0.25) is 0 Å². The van der Waals surface area contributed by atoms with E-state index in [1.165, 1.54) is 42.1 Å². The minimum absolute atomic E-state index is 0.912. The van der Waals surface area contributed by atoms with Crippen molar-refractivity contribution in [2.75, 3.05) is 7.11 Å². The first-order chi connectivity index (χ1) is 14.2. The molecule has 3 heteroatoms. The number of hydrogen-bond acceptors (Lipinski definition) is 3. The predicted octanol–water partition coefficient (Wildman–Crippen LogP) is 7.39. The molecule has 1 aliphatic carbocycles. The summed E-state index contributed by atoms with van der Waals surface area (Å²) in [5.74, 6) is 0.912. The normalized spacial score (nSPS) is 14.2. The third-order valence-electron chi connectivity index (χ3n) is 5.56. The van der Waals surface area contributed by atoms with Gasteiger partial charge in [-0.2, -0.15) is 0 Å². The van der Waals surface area contributed by atoms with Gasteiger partial charge in [0.15, 0.2) is 0 Å². The van der Waals surface area contributed by atoms with E-state index in [1.54, 1.807) is 7.11 Å². The topological polar surface area (TPSA) is 9.23 Å². The van der Waals surface area contributed by atoms with Crippen LogP contribution in [0.1, 0.15) is 32.0 Å². The zero-order chi connectivity index (χ0) is 19.8. The van der Waals surface area contributed by atoms with Gasteiger partial charge in [0, 0.05) is 26.4 Å². The molecule has 2 heterocycles. The van der Waals surface area contributed by atoms with Crippen LogP contribution in [0, 0.1) is 0 Å². The molecule has 5 rings (SSSR count). The number of aryl methyl sites for hydroxylation is 2. The van der Waals surface area contributed by atoms with Crippen LogP contribution >= 0.6 is 22.7 Å². The van der Waals surface area contributed by atoms with E-state index in [0.717, 1.165) is 30.6 Å². The molecule has 144 valence electrons. The lowest BCUT2D eigenvalue weighted by molar-refractivity contribution is 0.414. The van der Waals surface area contributed by atoms with E-state index >= 15 is 0 Å². The van der Waals surface area contributed by atoms with Gasteiger partial charge in [-0.25, -0.2) is 0 Å². The van der Waals surface area contributed by atoms with Gasteiger partial charge < -0.3 is 4.74 Å². The molecule has 0 N–H and O–H groups in total. The van der Waals surface area contributed by atoms with Gasteiger partial charge in [0.05, 0.1) is 7.11 Å². The van der Waals surface area contributed by atoms with Crippen LogP contribution in [-0.2, 0) is 19.3 Å². The number of thiophene rings is 2. The molecule has 2 aromatic carbocycles. The third-order valence-corrected chi connectivity index (χ3v) is 7.72. The molecule has 0 spiro atoms. The van der Waals surface area contributed by atoms with E-state index in [2.05, 4.69) is 60.5 Å². The smallest absolute Gasteiger partial charge is 0.118 e. The summed E-state index contributed by atoms with van der Waals surface area (Å²) in [6, 6.07) is 17.5. The van der Waals surface area contributed by atoms with Gasteiger partial charge in [-0.1, -0.05) is 43.0 Å². The Morgan fingerprint density at radius 1 is 1.00 bits per heavy atom. The number of ether oxygens (including phenoxy) is 1. The zero-order valence-corrected chi connectivity index (χ0v) is 18.0. The highest BCUT2D eigenvalue weighted by atomic mass is 32.1. The van der Waals surface area contributed by atoms with Crippen LogP contribution in [-0.4, -0.2) is 7.11 Å². The van der Waals surface area contributed by atoms with Crippen LogP contribution in [0.15, 0.2) is 66.6 Å². The van der Waals surface area contributed by atoms with Gasteiger partial charge in [0.25, 0.3) is 0 Å². The van der Waals surface area contributed by atoms with Crippen LogP contribution < -0.4 is 4.74 Å². The summed E-state index contributed by atoms with van der Waals surface area (Å²) in [6.45, 7) is 4.40. The van der Waals surface area contributed by atoms with E-state index in [-0.39, 0.29) is 0 Å². The first-order valence-corrected chi connectivity index (χ1v) is 11.5. The fourth-order valence-electron chi connectivity index (χ4n) is 3.97. The fourth-order valence-corrected chi connectivity index (χ4v) is 6.12. The molecule has 1 nitrogen and oxygen atoms in total. The van der Waals surface area contributed by atoms with E-state index in [4.69, 9.17) is 4.74 Å². The Morgan fingerprint density at radius 3 is 2.69 bits per heavy atom. The van der Waals surface area contributed by atoms with Crippen molar-refractivity contribution in [3.8, 4) is 5.75 Å². The maximum atomic E-state index is 5.26. The largest absolute Gasteiger partial charge is 0.497 e. The van der Waals surface area contributed by atoms with Crippen LogP contribution in [0.2, 0.25) is 0 Å². The Labute approximate surface area is 179 Å². The lowest BCUT2D eigenvalue weighted by Crippen LogP contribution is -1.96. The van der Waals surface area contributed by atoms with E-state index < -0.39 is 0 Å². The molecular weight excluding hydrogens is 392 g/mol. The molecule has 0 fully saturated rings. The average Bonchev–Trinajstić information content (AvgIpc) is 3.35. The monoisotopic (exact) mass is 414 g/mol. The SMILES string of the molecule is C=C1/C=C\c2ccsc2Cc2ccc3cc(CCc4ccc(OC)cc4)sc3c21. The zero-order valence-electron chi connectivity index (χ0n) is 16.4. The number of rotatable bonds is 4. The third kappa shape index (κ3) is 3.57. The van der Waals surface area contributed by atoms with Crippen molar-refractivity contribution in [1.29, 1.82) is 0 Å². The summed E-state index contributed by atoms with van der Waals surface area (Å²) in [4.78, 5) is 2.87. The molecule has 0 saturated heterocycles. The molecule has 0 amide bonds. The molecule has 0 atom stereocenters. The second-order valence-electron chi connectivity index (χ2n) is 7.41. The highest BCUT2D eigenvalue weighted by molar-refractivity contribution is 7.19. The van der Waals surface area contributed by atoms with Crippen LogP contribution in [0.4, 0.5) is 0 Å². The Hall–Kier alpha value is -2.62. The van der Waals surface area contributed by atoms with Gasteiger partial charge in [-0.15, -0.1) is 22.7 Å². The lowest BCUT2D eigenvalue weighted by Gasteiger charge is -2.14. The summed E-state index contributed by atoms with van der Waals surface area (Å²) in [7, 11) is 1.71. The van der Waals surface area contributed by atoms with Crippen LogP contribution in [0.3, 0.4) is 0 Å². The molecule has 29 heavy (non-hydrogen) atoms. The summed E-state index contributed by atoms with van der Waals surface area (Å²) in [6.07, 6.45) is 7.48. The Balaban J connectivity index is 1.46. The molecular formula is C26H22OS2. The summed E-state index contributed by atoms with van der Waals surface area (Å²) in [5.41, 5.74) is 6.51. The minimum atomic E-state index is 0.912. The second kappa shape index (κ2) is 7.66. The Kier molecular flexibility index (Phi) is 4.86. The van der Waals surface area contributed by atoms with E-state index in [0.29, 0.717) is 0 Å². The Bertz CT molecular complexity index is 1220. The molecule has 0 radical (unpaired) electrons. The van der Waals surface area contributed by atoms with Gasteiger partial charge >= 0.3 is 0 Å². The van der Waals surface area contributed by atoms with Crippen molar-refractivity contribution in [2.24, 2.45) is 0 Å². The summed E-state index contributed by atoms with van der Waals surface area (Å²) >= 11 is 3.77. The molecule has 0 bridgehead atoms. The van der Waals surface area contributed by atoms with Crippen molar-refractivity contribution in [3.05, 3.63) is 98.6 Å². The maximum Gasteiger partial charge on any atom is 0.118 e. The first-order valence-electron chi connectivity index (χ1n) is 9.82. The van der Waals surface area contributed by atoms with Crippen molar-refractivity contribution >= 4 is 44.4 Å². The lowest BCUT2D eigenvalue weighted by atomic mass is 9.93. The van der Waals surface area contributed by atoms with Crippen molar-refractivity contribution in [2.45, 2.75) is 19.3 Å². The van der Waals surface area contributed by atoms with Crippen LogP contribution in [0.25, 0.3) is 21.7 Å². The summed E-state index contributed by atoms with van der Waals surface area (Å²) in [5, 5.41) is 3.52. The summed E-state index contributed by atoms with van der Waals surface area (Å²) < 4.78 is 6.64. The molecule has 0 aliphatic heterocycles. The van der Waals surface area contributed by atoms with Crippen molar-refractivity contribution in [3.63, 3.8) is 0 Å². The highest BCUT2D eigenvalue weighted by Crippen LogP contribution is 2.38. The number of hydrogen-bond donors (Lipinski definition) is 0. The molecule has 4 aromatic rings. The minimum Gasteiger partial charge on any atom is -0.497 e. The molecule has 2 aromatic heterocycles. The average molecular weight is 415 g/mol. The van der Waals surface area contributed by atoms with Crippen LogP contribution in [0.5, 0.6) is 5.75 Å². The molecule has 0 saturated carbocycles. The van der Waals surface area contributed by atoms with E-state index in [1.807, 2.05) is 34.8 Å². The predicted molar refractivity (Wildman–Crippen MR) is 127 cm³/mol. The second-order valence-corrected chi connectivity index (χ2v) is 9.55. The standard InChI is InChI=1S/C26H22OS2/c1-17-3-7-19-13-14-28-24(19)16-20-8-9-21-15-23(29-26(21)25(17)20)12-6-18-4-10-22(27-2)11-5-18/h3-5,7-11,13-15H,1,6,12,16H2,2H3/b7-3-.